The number of carbonyl (C=O) groups is 2. The molecule has 0 radical (unpaired) electrons. The Morgan fingerprint density at radius 3 is 2.05 bits per heavy atom. The third-order valence-electron chi connectivity index (χ3n) is 4.24. The first-order valence-electron chi connectivity index (χ1n) is 6.90. The Morgan fingerprint density at radius 1 is 1.16 bits per heavy atom. The van der Waals surface area contributed by atoms with Crippen LogP contribution in [-0.2, 0) is 9.59 Å². The van der Waals surface area contributed by atoms with Gasteiger partial charge in [-0.05, 0) is 45.6 Å². The van der Waals surface area contributed by atoms with Gasteiger partial charge in [0, 0.05) is 5.41 Å². The summed E-state index contributed by atoms with van der Waals surface area (Å²) in [5, 5.41) is 0. The van der Waals surface area contributed by atoms with Gasteiger partial charge in [0.05, 0.1) is 11.3 Å². The molecule has 0 aromatic heterocycles. The molecular formula is C17H26O2. The molecule has 1 aliphatic rings. The number of rotatable bonds is 3. The van der Waals surface area contributed by atoms with Crippen LogP contribution in [0.2, 0.25) is 0 Å². The van der Waals surface area contributed by atoms with Crippen molar-refractivity contribution in [3.8, 4) is 0 Å². The van der Waals surface area contributed by atoms with E-state index in [2.05, 4.69) is 27.0 Å². The zero-order valence-corrected chi connectivity index (χ0v) is 13.1. The van der Waals surface area contributed by atoms with E-state index in [1.807, 2.05) is 13.8 Å². The van der Waals surface area contributed by atoms with Crippen LogP contribution in [0.15, 0.2) is 24.3 Å². The Labute approximate surface area is 117 Å². The van der Waals surface area contributed by atoms with Gasteiger partial charge < -0.3 is 0 Å². The highest BCUT2D eigenvalue weighted by molar-refractivity contribution is 6.15. The highest BCUT2D eigenvalue weighted by atomic mass is 16.2. The third-order valence-corrected chi connectivity index (χ3v) is 4.24. The Bertz CT molecular complexity index is 420. The SMILES string of the molecule is C=C(CC(C)C)C1C(=C)C(C)(C)C(=O)C(C)(C)C1=O. The van der Waals surface area contributed by atoms with E-state index in [0.717, 1.165) is 12.0 Å². The summed E-state index contributed by atoms with van der Waals surface area (Å²) in [7, 11) is 0. The van der Waals surface area contributed by atoms with Crippen LogP contribution in [-0.4, -0.2) is 11.6 Å². The molecule has 0 aliphatic heterocycles. The molecule has 0 bridgehead atoms. The summed E-state index contributed by atoms with van der Waals surface area (Å²) in [5.41, 5.74) is -0.0248. The van der Waals surface area contributed by atoms with Crippen LogP contribution in [0.5, 0.6) is 0 Å². The second kappa shape index (κ2) is 4.73. The zero-order chi connectivity index (χ0) is 15.2. The molecule has 19 heavy (non-hydrogen) atoms. The van der Waals surface area contributed by atoms with Crippen molar-refractivity contribution >= 4 is 11.6 Å². The van der Waals surface area contributed by atoms with Crippen molar-refractivity contribution in [1.29, 1.82) is 0 Å². The van der Waals surface area contributed by atoms with Crippen molar-refractivity contribution in [2.24, 2.45) is 22.7 Å². The summed E-state index contributed by atoms with van der Waals surface area (Å²) in [4.78, 5) is 25.1. The molecule has 1 fully saturated rings. The summed E-state index contributed by atoms with van der Waals surface area (Å²) < 4.78 is 0. The molecule has 1 atom stereocenters. The fourth-order valence-electron chi connectivity index (χ4n) is 2.99. The van der Waals surface area contributed by atoms with E-state index < -0.39 is 10.8 Å². The summed E-state index contributed by atoms with van der Waals surface area (Å²) in [6.07, 6.45) is 0.787. The summed E-state index contributed by atoms with van der Waals surface area (Å²) in [5.74, 6) is -0.0295. The molecule has 0 amide bonds. The lowest BCUT2D eigenvalue weighted by molar-refractivity contribution is -0.148. The fraction of sp³-hybridized carbons (Fsp3) is 0.647. The molecule has 1 saturated carbocycles. The van der Waals surface area contributed by atoms with E-state index in [1.54, 1.807) is 13.8 Å². The van der Waals surface area contributed by atoms with Gasteiger partial charge in [-0.2, -0.15) is 0 Å². The Morgan fingerprint density at radius 2 is 1.63 bits per heavy atom. The van der Waals surface area contributed by atoms with Crippen LogP contribution in [0.1, 0.15) is 48.0 Å². The quantitative estimate of drug-likeness (QED) is 0.570. The van der Waals surface area contributed by atoms with Gasteiger partial charge in [0.15, 0.2) is 11.6 Å². The molecule has 106 valence electrons. The first-order chi connectivity index (χ1) is 8.44. The topological polar surface area (TPSA) is 34.1 Å². The first-order valence-corrected chi connectivity index (χ1v) is 6.90. The number of Topliss-reactive ketones (excluding diaryl/α,β-unsaturated/α-hetero) is 2. The molecule has 0 spiro atoms. The third kappa shape index (κ3) is 2.45. The van der Waals surface area contributed by atoms with Crippen LogP contribution in [0, 0.1) is 22.7 Å². The maximum Gasteiger partial charge on any atom is 0.157 e. The summed E-state index contributed by atoms with van der Waals surface area (Å²) in [6, 6.07) is 0. The molecular weight excluding hydrogens is 236 g/mol. The second-order valence-electron chi connectivity index (χ2n) is 7.16. The molecule has 1 unspecified atom stereocenters. The Kier molecular flexibility index (Phi) is 3.96. The van der Waals surface area contributed by atoms with E-state index >= 15 is 0 Å². The monoisotopic (exact) mass is 262 g/mol. The summed E-state index contributed by atoms with van der Waals surface area (Å²) >= 11 is 0. The number of hydrogen-bond acceptors (Lipinski definition) is 2. The maximum atomic E-state index is 12.6. The van der Waals surface area contributed by atoms with Crippen molar-refractivity contribution in [1.82, 2.24) is 0 Å². The van der Waals surface area contributed by atoms with Gasteiger partial charge in [-0.1, -0.05) is 32.6 Å². The molecule has 0 aromatic carbocycles. The van der Waals surface area contributed by atoms with Crippen LogP contribution < -0.4 is 0 Å². The molecule has 0 heterocycles. The van der Waals surface area contributed by atoms with Gasteiger partial charge in [0.2, 0.25) is 0 Å². The minimum absolute atomic E-state index is 0.0383. The zero-order valence-electron chi connectivity index (χ0n) is 13.1. The van der Waals surface area contributed by atoms with Crippen LogP contribution >= 0.6 is 0 Å². The molecule has 0 N–H and O–H groups in total. The molecule has 0 aromatic rings. The molecule has 2 heteroatoms. The van der Waals surface area contributed by atoms with E-state index in [9.17, 15) is 9.59 Å². The fourth-order valence-corrected chi connectivity index (χ4v) is 2.99. The average Bonchev–Trinajstić information content (AvgIpc) is 2.25. The second-order valence-corrected chi connectivity index (χ2v) is 7.16. The molecule has 1 aliphatic carbocycles. The lowest BCUT2D eigenvalue weighted by atomic mass is 9.56. The number of carbonyl (C=O) groups excluding carboxylic acids is 2. The minimum Gasteiger partial charge on any atom is -0.298 e. The van der Waals surface area contributed by atoms with Crippen molar-refractivity contribution < 1.29 is 9.59 Å². The average molecular weight is 262 g/mol. The van der Waals surface area contributed by atoms with Gasteiger partial charge in [-0.15, -0.1) is 0 Å². The van der Waals surface area contributed by atoms with Gasteiger partial charge in [0.25, 0.3) is 0 Å². The maximum absolute atomic E-state index is 12.6. The van der Waals surface area contributed by atoms with E-state index in [1.165, 1.54) is 0 Å². The lowest BCUT2D eigenvalue weighted by Crippen LogP contribution is -2.53. The molecule has 0 saturated heterocycles. The van der Waals surface area contributed by atoms with Gasteiger partial charge >= 0.3 is 0 Å². The van der Waals surface area contributed by atoms with Crippen molar-refractivity contribution in [2.45, 2.75) is 48.0 Å². The van der Waals surface area contributed by atoms with E-state index in [-0.39, 0.29) is 17.5 Å². The van der Waals surface area contributed by atoms with Crippen molar-refractivity contribution in [3.63, 3.8) is 0 Å². The number of ketones is 2. The van der Waals surface area contributed by atoms with Gasteiger partial charge in [0.1, 0.15) is 0 Å². The van der Waals surface area contributed by atoms with Gasteiger partial charge in [-0.3, -0.25) is 9.59 Å². The van der Waals surface area contributed by atoms with E-state index in [4.69, 9.17) is 0 Å². The predicted octanol–water partition coefficient (Wildman–Crippen LogP) is 3.97. The standard InChI is InChI=1S/C17H26O2/c1-10(2)9-11(3)13-12(4)16(5,6)15(19)17(7,8)14(13)18/h10,13H,3-4,9H2,1-2,5-8H3. The predicted molar refractivity (Wildman–Crippen MR) is 78.8 cm³/mol. The highest BCUT2D eigenvalue weighted by Crippen LogP contribution is 2.48. The van der Waals surface area contributed by atoms with Crippen LogP contribution in [0.25, 0.3) is 0 Å². The lowest BCUT2D eigenvalue weighted by Gasteiger charge is -2.44. The van der Waals surface area contributed by atoms with Crippen molar-refractivity contribution in [3.05, 3.63) is 24.3 Å². The first kappa shape index (κ1) is 15.9. The van der Waals surface area contributed by atoms with Crippen molar-refractivity contribution in [2.75, 3.05) is 0 Å². The molecule has 2 nitrogen and oxygen atoms in total. The molecule has 1 rings (SSSR count). The smallest absolute Gasteiger partial charge is 0.157 e. The summed E-state index contributed by atoms with van der Waals surface area (Å²) in [6.45, 7) is 19.5. The van der Waals surface area contributed by atoms with E-state index in [0.29, 0.717) is 11.5 Å². The number of allylic oxidation sites excluding steroid dienone is 2. The minimum atomic E-state index is -0.949. The van der Waals surface area contributed by atoms with Crippen LogP contribution in [0.3, 0.4) is 0 Å². The van der Waals surface area contributed by atoms with Crippen LogP contribution in [0.4, 0.5) is 0 Å². The Balaban J connectivity index is 3.25. The largest absolute Gasteiger partial charge is 0.298 e. The Hall–Kier alpha value is -1.18. The van der Waals surface area contributed by atoms with Gasteiger partial charge in [-0.25, -0.2) is 0 Å². The normalized spacial score (nSPS) is 25.8. The number of hydrogen-bond donors (Lipinski definition) is 0. The highest BCUT2D eigenvalue weighted by Gasteiger charge is 2.54.